The van der Waals surface area contributed by atoms with Gasteiger partial charge in [-0.15, -0.1) is 0 Å². The maximum Gasteiger partial charge on any atom is 0.252 e. The van der Waals surface area contributed by atoms with Crippen molar-refractivity contribution in [1.29, 1.82) is 0 Å². The van der Waals surface area contributed by atoms with Crippen LogP contribution in [0.2, 0.25) is 0 Å². The summed E-state index contributed by atoms with van der Waals surface area (Å²) < 4.78 is 0. The lowest BCUT2D eigenvalue weighted by molar-refractivity contribution is 0.0940. The first-order valence-electron chi connectivity index (χ1n) is 6.27. The highest BCUT2D eigenvalue weighted by Crippen LogP contribution is 2.18. The van der Waals surface area contributed by atoms with Gasteiger partial charge >= 0.3 is 0 Å². The molecule has 96 valence electrons. The number of aliphatic hydroxyl groups is 1. The highest BCUT2D eigenvalue weighted by molar-refractivity contribution is 5.95. The van der Waals surface area contributed by atoms with Gasteiger partial charge in [0.25, 0.3) is 5.91 Å². The van der Waals surface area contributed by atoms with Gasteiger partial charge in [0.05, 0.1) is 0 Å². The smallest absolute Gasteiger partial charge is 0.252 e. The number of amides is 1. The van der Waals surface area contributed by atoms with Crippen LogP contribution in [-0.2, 0) is 6.42 Å². The summed E-state index contributed by atoms with van der Waals surface area (Å²) in [5.74, 6) is 0.0980. The van der Waals surface area contributed by atoms with Gasteiger partial charge in [0.15, 0.2) is 0 Å². The fraction of sp³-hybridized carbons (Fsp3) is 0.429. The molecule has 18 heavy (non-hydrogen) atoms. The average molecular weight is 246 g/mol. The van der Waals surface area contributed by atoms with Gasteiger partial charge in [-0.3, -0.25) is 9.78 Å². The molecule has 2 N–H and O–H groups in total. The largest absolute Gasteiger partial charge is 0.396 e. The second-order valence-electron chi connectivity index (χ2n) is 4.53. The van der Waals surface area contributed by atoms with Crippen molar-refractivity contribution in [3.63, 3.8) is 0 Å². The summed E-state index contributed by atoms with van der Waals surface area (Å²) in [6.07, 6.45) is 8.83. The summed E-state index contributed by atoms with van der Waals surface area (Å²) in [6.45, 7) is 2.14. The number of aliphatic hydroxyl groups excluding tert-OH is 1. The fourth-order valence-corrected chi connectivity index (χ4v) is 2.19. The highest BCUT2D eigenvalue weighted by Gasteiger charge is 2.21. The van der Waals surface area contributed by atoms with Crippen LogP contribution < -0.4 is 5.32 Å². The lowest BCUT2D eigenvalue weighted by atomic mass is 10.1. The van der Waals surface area contributed by atoms with Crippen LogP contribution in [0.25, 0.3) is 0 Å². The van der Waals surface area contributed by atoms with Gasteiger partial charge in [0, 0.05) is 36.5 Å². The van der Waals surface area contributed by atoms with Crippen molar-refractivity contribution in [3.8, 4) is 0 Å². The number of carbonyl (C=O) groups excluding carboxylic acids is 1. The predicted octanol–water partition coefficient (Wildman–Crippen LogP) is 1.31. The van der Waals surface area contributed by atoms with Gasteiger partial charge in [0.1, 0.15) is 0 Å². The molecule has 0 spiro atoms. The van der Waals surface area contributed by atoms with Crippen molar-refractivity contribution in [1.82, 2.24) is 10.3 Å². The standard InChI is InChI=1S/C14H18N2O2/c1-2-11-8-15-6-5-13(11)14(18)16-12-4-3-10(7-12)9-17/h3-6,8,10,12,17H,2,7,9H2,1H3,(H,16,18)/t10-,12+/m0/s1. The molecule has 2 rings (SSSR count). The van der Waals surface area contributed by atoms with E-state index in [9.17, 15) is 4.79 Å². The first-order chi connectivity index (χ1) is 8.74. The van der Waals surface area contributed by atoms with E-state index < -0.39 is 0 Å². The van der Waals surface area contributed by atoms with Crippen molar-refractivity contribution >= 4 is 5.91 Å². The maximum absolute atomic E-state index is 12.1. The molecule has 0 saturated heterocycles. The fourth-order valence-electron chi connectivity index (χ4n) is 2.19. The minimum Gasteiger partial charge on any atom is -0.396 e. The minimum atomic E-state index is -0.0671. The summed E-state index contributed by atoms with van der Waals surface area (Å²) in [7, 11) is 0. The average Bonchev–Trinajstić information content (AvgIpc) is 2.86. The molecular formula is C14H18N2O2. The second-order valence-corrected chi connectivity index (χ2v) is 4.53. The van der Waals surface area contributed by atoms with Crippen LogP contribution in [0.5, 0.6) is 0 Å². The molecule has 2 atom stereocenters. The van der Waals surface area contributed by atoms with Gasteiger partial charge < -0.3 is 10.4 Å². The van der Waals surface area contributed by atoms with Crippen molar-refractivity contribution < 1.29 is 9.90 Å². The first kappa shape index (κ1) is 12.8. The van der Waals surface area contributed by atoms with Crippen LogP contribution in [0, 0.1) is 5.92 Å². The Labute approximate surface area is 107 Å². The Balaban J connectivity index is 2.02. The molecule has 1 aromatic rings. The van der Waals surface area contributed by atoms with Gasteiger partial charge in [-0.05, 0) is 24.5 Å². The Kier molecular flexibility index (Phi) is 4.10. The van der Waals surface area contributed by atoms with Crippen LogP contribution in [0.4, 0.5) is 0 Å². The van der Waals surface area contributed by atoms with Crippen LogP contribution in [-0.4, -0.2) is 28.6 Å². The molecule has 0 aliphatic heterocycles. The zero-order valence-electron chi connectivity index (χ0n) is 10.5. The van der Waals surface area contributed by atoms with Crippen LogP contribution in [0.3, 0.4) is 0 Å². The molecule has 1 aromatic heterocycles. The molecule has 1 heterocycles. The number of aryl methyl sites for hydroxylation is 1. The molecule has 0 radical (unpaired) electrons. The Bertz CT molecular complexity index is 457. The summed E-state index contributed by atoms with van der Waals surface area (Å²) in [4.78, 5) is 16.2. The molecule has 1 aliphatic carbocycles. The Morgan fingerprint density at radius 2 is 2.39 bits per heavy atom. The highest BCUT2D eigenvalue weighted by atomic mass is 16.3. The van der Waals surface area contributed by atoms with Crippen molar-refractivity contribution in [2.24, 2.45) is 5.92 Å². The van der Waals surface area contributed by atoms with Gasteiger partial charge in [-0.1, -0.05) is 19.1 Å². The summed E-state index contributed by atoms with van der Waals surface area (Å²) >= 11 is 0. The van der Waals surface area contributed by atoms with Crippen LogP contribution in [0.1, 0.15) is 29.3 Å². The number of nitrogens with one attached hydrogen (secondary N) is 1. The lowest BCUT2D eigenvalue weighted by Gasteiger charge is -2.14. The Hall–Kier alpha value is -1.68. The molecule has 0 saturated carbocycles. The van der Waals surface area contributed by atoms with E-state index in [1.165, 1.54) is 0 Å². The van der Waals surface area contributed by atoms with Crippen LogP contribution in [0.15, 0.2) is 30.6 Å². The number of rotatable bonds is 4. The van der Waals surface area contributed by atoms with Crippen molar-refractivity contribution in [3.05, 3.63) is 41.7 Å². The van der Waals surface area contributed by atoms with E-state index in [0.29, 0.717) is 5.56 Å². The van der Waals surface area contributed by atoms with Gasteiger partial charge in [0.2, 0.25) is 0 Å². The summed E-state index contributed by atoms with van der Waals surface area (Å²) in [5.41, 5.74) is 1.64. The number of nitrogens with zero attached hydrogens (tertiary/aromatic N) is 1. The van der Waals surface area contributed by atoms with E-state index in [0.717, 1.165) is 18.4 Å². The molecule has 1 amide bonds. The topological polar surface area (TPSA) is 62.2 Å². The molecule has 0 unspecified atom stereocenters. The number of carbonyl (C=O) groups is 1. The van der Waals surface area contributed by atoms with E-state index in [4.69, 9.17) is 5.11 Å². The minimum absolute atomic E-state index is 0.0209. The van der Waals surface area contributed by atoms with Crippen LogP contribution >= 0.6 is 0 Å². The number of aromatic nitrogens is 1. The summed E-state index contributed by atoms with van der Waals surface area (Å²) in [5, 5.41) is 12.0. The SMILES string of the molecule is CCc1cnccc1C(=O)N[C@@H]1C=C[C@H](CO)C1. The quantitative estimate of drug-likeness (QED) is 0.787. The first-order valence-corrected chi connectivity index (χ1v) is 6.27. The molecule has 1 aliphatic rings. The Morgan fingerprint density at radius 3 is 3.06 bits per heavy atom. The number of hydrogen-bond acceptors (Lipinski definition) is 3. The third kappa shape index (κ3) is 2.76. The molecule has 4 nitrogen and oxygen atoms in total. The lowest BCUT2D eigenvalue weighted by Crippen LogP contribution is -2.33. The second kappa shape index (κ2) is 5.78. The van der Waals surface area contributed by atoms with E-state index in [1.807, 2.05) is 19.1 Å². The van der Waals surface area contributed by atoms with E-state index in [-0.39, 0.29) is 24.5 Å². The van der Waals surface area contributed by atoms with Gasteiger partial charge in [-0.2, -0.15) is 0 Å². The third-order valence-corrected chi connectivity index (χ3v) is 3.25. The molecular weight excluding hydrogens is 228 g/mol. The van der Waals surface area contributed by atoms with E-state index in [1.54, 1.807) is 18.5 Å². The predicted molar refractivity (Wildman–Crippen MR) is 69.2 cm³/mol. The van der Waals surface area contributed by atoms with E-state index in [2.05, 4.69) is 10.3 Å². The van der Waals surface area contributed by atoms with Gasteiger partial charge in [-0.25, -0.2) is 0 Å². The third-order valence-electron chi connectivity index (χ3n) is 3.25. The van der Waals surface area contributed by atoms with Crippen molar-refractivity contribution in [2.75, 3.05) is 6.61 Å². The molecule has 0 bridgehead atoms. The summed E-state index contributed by atoms with van der Waals surface area (Å²) in [6, 6.07) is 1.77. The normalized spacial score (nSPS) is 22.1. The van der Waals surface area contributed by atoms with E-state index >= 15 is 0 Å². The number of hydrogen-bond donors (Lipinski definition) is 2. The number of pyridine rings is 1. The maximum atomic E-state index is 12.1. The molecule has 4 heteroatoms. The zero-order chi connectivity index (χ0) is 13.0. The monoisotopic (exact) mass is 246 g/mol. The Morgan fingerprint density at radius 1 is 1.56 bits per heavy atom. The molecule has 0 fully saturated rings. The molecule has 0 aromatic carbocycles. The van der Waals surface area contributed by atoms with Crippen molar-refractivity contribution in [2.45, 2.75) is 25.8 Å². The zero-order valence-corrected chi connectivity index (χ0v) is 10.5.